The van der Waals surface area contributed by atoms with Crippen LogP contribution < -0.4 is 4.74 Å². The molecule has 0 heterocycles. The predicted octanol–water partition coefficient (Wildman–Crippen LogP) is 3.79. The summed E-state index contributed by atoms with van der Waals surface area (Å²) in [6.45, 7) is 4.09. The summed E-state index contributed by atoms with van der Waals surface area (Å²) in [7, 11) is 0. The number of aryl methyl sites for hydroxylation is 2. The zero-order chi connectivity index (χ0) is 13.8. The normalized spacial score (nSPS) is 10.2. The lowest BCUT2D eigenvalue weighted by Crippen LogP contribution is -2.00. The van der Waals surface area contributed by atoms with E-state index in [4.69, 9.17) is 4.74 Å². The van der Waals surface area contributed by atoms with Crippen molar-refractivity contribution in [2.45, 2.75) is 20.5 Å². The molecule has 0 aromatic heterocycles. The van der Waals surface area contributed by atoms with Gasteiger partial charge in [0, 0.05) is 6.07 Å². The summed E-state index contributed by atoms with van der Waals surface area (Å²) >= 11 is 0. The largest absolute Gasteiger partial charge is 0.482 e. The molecule has 0 saturated heterocycles. The van der Waals surface area contributed by atoms with Crippen LogP contribution in [0.5, 0.6) is 5.75 Å². The molecule has 19 heavy (non-hydrogen) atoms. The summed E-state index contributed by atoms with van der Waals surface area (Å²) < 4.78 is 5.58. The van der Waals surface area contributed by atoms with Crippen LogP contribution in [0.15, 0.2) is 42.5 Å². The molecule has 0 aliphatic carbocycles. The van der Waals surface area contributed by atoms with Crippen LogP contribution >= 0.6 is 0 Å². The lowest BCUT2D eigenvalue weighted by Gasteiger charge is -2.09. The number of nitrogens with zero attached hydrogens (tertiary/aromatic N) is 1. The lowest BCUT2D eigenvalue weighted by molar-refractivity contribution is -0.386. The quantitative estimate of drug-likeness (QED) is 0.618. The third kappa shape index (κ3) is 3.10. The van der Waals surface area contributed by atoms with Gasteiger partial charge in [-0.3, -0.25) is 10.1 Å². The smallest absolute Gasteiger partial charge is 0.311 e. The minimum atomic E-state index is -0.410. The fourth-order valence-electron chi connectivity index (χ4n) is 1.77. The van der Waals surface area contributed by atoms with E-state index in [0.717, 1.165) is 16.7 Å². The third-order valence-electron chi connectivity index (χ3n) is 3.01. The highest BCUT2D eigenvalue weighted by molar-refractivity contribution is 5.51. The van der Waals surface area contributed by atoms with E-state index >= 15 is 0 Å². The SMILES string of the molecule is Cc1cc(OCc2ccccc2)c([N+](=O)[O-])cc1C. The summed E-state index contributed by atoms with van der Waals surface area (Å²) in [5.74, 6) is 0.317. The van der Waals surface area contributed by atoms with Gasteiger partial charge in [0.05, 0.1) is 4.92 Å². The standard InChI is InChI=1S/C15H15NO3/c1-11-8-14(16(17)18)15(9-12(11)2)19-10-13-6-4-3-5-7-13/h3-9H,10H2,1-2H3. The summed E-state index contributed by atoms with van der Waals surface area (Å²) in [6.07, 6.45) is 0. The third-order valence-corrected chi connectivity index (χ3v) is 3.01. The van der Waals surface area contributed by atoms with Gasteiger partial charge in [-0.1, -0.05) is 30.3 Å². The maximum Gasteiger partial charge on any atom is 0.311 e. The van der Waals surface area contributed by atoms with Gasteiger partial charge in [0.2, 0.25) is 0 Å². The number of hydrogen-bond donors (Lipinski definition) is 0. The van der Waals surface area contributed by atoms with E-state index in [9.17, 15) is 10.1 Å². The van der Waals surface area contributed by atoms with Gasteiger partial charge >= 0.3 is 5.69 Å². The van der Waals surface area contributed by atoms with Crippen molar-refractivity contribution in [1.29, 1.82) is 0 Å². The van der Waals surface area contributed by atoms with Crippen molar-refractivity contribution in [1.82, 2.24) is 0 Å². The molecule has 0 spiro atoms. The molecule has 0 saturated carbocycles. The van der Waals surface area contributed by atoms with Crippen LogP contribution in [0.25, 0.3) is 0 Å². The van der Waals surface area contributed by atoms with Crippen LogP contribution in [0, 0.1) is 24.0 Å². The maximum atomic E-state index is 11.0. The molecular weight excluding hydrogens is 242 g/mol. The zero-order valence-electron chi connectivity index (χ0n) is 10.9. The van der Waals surface area contributed by atoms with Crippen molar-refractivity contribution in [2.24, 2.45) is 0 Å². The molecule has 0 atom stereocenters. The van der Waals surface area contributed by atoms with Crippen molar-refractivity contribution >= 4 is 5.69 Å². The van der Waals surface area contributed by atoms with Crippen molar-refractivity contribution in [3.8, 4) is 5.75 Å². The van der Waals surface area contributed by atoms with Crippen molar-refractivity contribution in [3.05, 3.63) is 69.3 Å². The highest BCUT2D eigenvalue weighted by Crippen LogP contribution is 2.30. The Bertz CT molecular complexity index is 594. The highest BCUT2D eigenvalue weighted by Gasteiger charge is 2.16. The second kappa shape index (κ2) is 5.52. The molecule has 0 N–H and O–H groups in total. The molecule has 0 aliphatic rings. The molecule has 98 valence electrons. The summed E-state index contributed by atoms with van der Waals surface area (Å²) in [6, 6.07) is 12.9. The summed E-state index contributed by atoms with van der Waals surface area (Å²) in [5.41, 5.74) is 2.86. The number of rotatable bonds is 4. The van der Waals surface area contributed by atoms with Gasteiger partial charge in [-0.2, -0.15) is 0 Å². The summed E-state index contributed by atoms with van der Waals surface area (Å²) in [4.78, 5) is 10.6. The van der Waals surface area contributed by atoms with Crippen LogP contribution in [0.1, 0.15) is 16.7 Å². The second-order valence-electron chi connectivity index (χ2n) is 4.44. The molecule has 0 fully saturated rings. The summed E-state index contributed by atoms with van der Waals surface area (Å²) in [5, 5.41) is 11.0. The number of nitro groups is 1. The monoisotopic (exact) mass is 257 g/mol. The van der Waals surface area contributed by atoms with E-state index < -0.39 is 4.92 Å². The fourth-order valence-corrected chi connectivity index (χ4v) is 1.77. The number of ether oxygens (including phenoxy) is 1. The van der Waals surface area contributed by atoms with Crippen LogP contribution in [0.2, 0.25) is 0 Å². The number of nitro benzene ring substituents is 1. The van der Waals surface area contributed by atoms with Gasteiger partial charge in [0.1, 0.15) is 6.61 Å². The Hall–Kier alpha value is -2.36. The Morgan fingerprint density at radius 3 is 2.37 bits per heavy atom. The Balaban J connectivity index is 2.24. The first-order chi connectivity index (χ1) is 9.08. The number of benzene rings is 2. The fraction of sp³-hybridized carbons (Fsp3) is 0.200. The molecule has 2 aromatic carbocycles. The average molecular weight is 257 g/mol. The number of hydrogen-bond acceptors (Lipinski definition) is 3. The van der Waals surface area contributed by atoms with Crippen molar-refractivity contribution in [3.63, 3.8) is 0 Å². The van der Waals surface area contributed by atoms with Crippen LogP contribution in [-0.4, -0.2) is 4.92 Å². The Morgan fingerprint density at radius 1 is 1.11 bits per heavy atom. The molecule has 0 bridgehead atoms. The predicted molar refractivity (Wildman–Crippen MR) is 73.3 cm³/mol. The molecule has 2 rings (SSSR count). The average Bonchev–Trinajstić information content (AvgIpc) is 2.40. The lowest BCUT2D eigenvalue weighted by atomic mass is 10.1. The van der Waals surface area contributed by atoms with Crippen LogP contribution in [0.4, 0.5) is 5.69 Å². The Labute approximate surface area is 111 Å². The Kier molecular flexibility index (Phi) is 3.80. The molecule has 0 amide bonds. The zero-order valence-corrected chi connectivity index (χ0v) is 10.9. The Morgan fingerprint density at radius 2 is 1.74 bits per heavy atom. The van der Waals surface area contributed by atoms with E-state index in [-0.39, 0.29) is 5.69 Å². The molecule has 0 unspecified atom stereocenters. The maximum absolute atomic E-state index is 11.0. The first kappa shape index (κ1) is 13.1. The van der Waals surface area contributed by atoms with E-state index in [1.807, 2.05) is 44.2 Å². The highest BCUT2D eigenvalue weighted by atomic mass is 16.6. The van der Waals surface area contributed by atoms with Crippen molar-refractivity contribution in [2.75, 3.05) is 0 Å². The van der Waals surface area contributed by atoms with Crippen molar-refractivity contribution < 1.29 is 9.66 Å². The van der Waals surface area contributed by atoms with E-state index in [1.54, 1.807) is 12.1 Å². The van der Waals surface area contributed by atoms with E-state index in [1.165, 1.54) is 0 Å². The van der Waals surface area contributed by atoms with E-state index in [2.05, 4.69) is 0 Å². The van der Waals surface area contributed by atoms with E-state index in [0.29, 0.717) is 12.4 Å². The molecule has 0 radical (unpaired) electrons. The first-order valence-electron chi connectivity index (χ1n) is 6.00. The van der Waals surface area contributed by atoms with Gasteiger partial charge in [-0.15, -0.1) is 0 Å². The second-order valence-corrected chi connectivity index (χ2v) is 4.44. The first-order valence-corrected chi connectivity index (χ1v) is 6.00. The molecule has 2 aromatic rings. The molecule has 4 nitrogen and oxygen atoms in total. The molecular formula is C15H15NO3. The van der Waals surface area contributed by atoms with Crippen LogP contribution in [-0.2, 0) is 6.61 Å². The van der Waals surface area contributed by atoms with Gasteiger partial charge in [0.15, 0.2) is 5.75 Å². The van der Waals surface area contributed by atoms with Gasteiger partial charge in [0.25, 0.3) is 0 Å². The molecule has 4 heteroatoms. The van der Waals surface area contributed by atoms with Gasteiger partial charge < -0.3 is 4.74 Å². The van der Waals surface area contributed by atoms with Crippen LogP contribution in [0.3, 0.4) is 0 Å². The molecule has 0 aliphatic heterocycles. The minimum absolute atomic E-state index is 0.0130. The van der Waals surface area contributed by atoms with Gasteiger partial charge in [-0.05, 0) is 36.6 Å². The topological polar surface area (TPSA) is 52.4 Å². The minimum Gasteiger partial charge on any atom is -0.482 e. The van der Waals surface area contributed by atoms with Gasteiger partial charge in [-0.25, -0.2) is 0 Å².